The van der Waals surface area contributed by atoms with Gasteiger partial charge in [0.25, 0.3) is 5.91 Å². The molecule has 0 aliphatic rings. The number of ketones is 1. The predicted octanol–water partition coefficient (Wildman–Crippen LogP) is 4.76. The first-order valence-electron chi connectivity index (χ1n) is 9.53. The van der Waals surface area contributed by atoms with Crippen molar-refractivity contribution in [3.63, 3.8) is 0 Å². The molecule has 0 atom stereocenters. The topological polar surface area (TPSA) is 55.4 Å². The molecule has 0 fully saturated rings. The Bertz CT molecular complexity index is 975. The summed E-state index contributed by atoms with van der Waals surface area (Å²) >= 11 is 0. The third kappa shape index (κ3) is 5.91. The van der Waals surface area contributed by atoms with Gasteiger partial charge in [-0.1, -0.05) is 72.8 Å². The number of nitrogens with one attached hydrogen (secondary N) is 1. The highest BCUT2D eigenvalue weighted by Crippen LogP contribution is 2.20. The van der Waals surface area contributed by atoms with Crippen LogP contribution in [0.5, 0.6) is 5.75 Å². The number of likely N-dealkylation sites (N-methyl/N-ethyl adjacent to an activating group) is 1. The minimum Gasteiger partial charge on any atom is -0.484 e. The van der Waals surface area contributed by atoms with Crippen molar-refractivity contribution < 1.29 is 14.3 Å². The second-order valence-electron chi connectivity index (χ2n) is 6.45. The van der Waals surface area contributed by atoms with Gasteiger partial charge in [-0.05, 0) is 41.8 Å². The fraction of sp³-hybridized carbons (Fsp3) is 0.120. The standard InChI is InChI=1S/C25H23NO3/c1-2-26-25(28)18-29-23-15-8-19(9-16-23)10-17-24(27)22-13-11-21(12-14-22)20-6-4-3-5-7-20/h3-17H,2,18H2,1H3,(H,26,28)/b17-10+. The lowest BCUT2D eigenvalue weighted by Crippen LogP contribution is -2.28. The summed E-state index contributed by atoms with van der Waals surface area (Å²) in [5.41, 5.74) is 3.72. The Hall–Kier alpha value is -3.66. The van der Waals surface area contributed by atoms with Gasteiger partial charge in [0.05, 0.1) is 0 Å². The van der Waals surface area contributed by atoms with Crippen molar-refractivity contribution in [2.45, 2.75) is 6.92 Å². The monoisotopic (exact) mass is 385 g/mol. The van der Waals surface area contributed by atoms with Crippen LogP contribution in [0.4, 0.5) is 0 Å². The summed E-state index contributed by atoms with van der Waals surface area (Å²) in [6.45, 7) is 2.42. The normalized spacial score (nSPS) is 10.7. The van der Waals surface area contributed by atoms with E-state index in [0.717, 1.165) is 16.7 Å². The molecule has 0 unspecified atom stereocenters. The van der Waals surface area contributed by atoms with Crippen molar-refractivity contribution in [2.75, 3.05) is 13.2 Å². The number of carbonyl (C=O) groups is 2. The first kappa shape index (κ1) is 20.1. The molecule has 0 radical (unpaired) electrons. The highest BCUT2D eigenvalue weighted by Gasteiger charge is 2.04. The van der Waals surface area contributed by atoms with Crippen LogP contribution in [0.15, 0.2) is 84.9 Å². The highest BCUT2D eigenvalue weighted by atomic mass is 16.5. The molecule has 0 saturated heterocycles. The molecular formula is C25H23NO3. The fourth-order valence-corrected chi connectivity index (χ4v) is 2.80. The van der Waals surface area contributed by atoms with Gasteiger partial charge in [-0.3, -0.25) is 9.59 Å². The largest absolute Gasteiger partial charge is 0.484 e. The molecule has 3 aromatic rings. The van der Waals surface area contributed by atoms with E-state index in [1.165, 1.54) is 0 Å². The number of rotatable bonds is 8. The number of amides is 1. The second-order valence-corrected chi connectivity index (χ2v) is 6.45. The van der Waals surface area contributed by atoms with E-state index >= 15 is 0 Å². The summed E-state index contributed by atoms with van der Waals surface area (Å²) in [5, 5.41) is 2.68. The van der Waals surface area contributed by atoms with Crippen LogP contribution in [-0.4, -0.2) is 24.8 Å². The Morgan fingerprint density at radius 2 is 1.52 bits per heavy atom. The SMILES string of the molecule is CCNC(=O)COc1ccc(/C=C/C(=O)c2ccc(-c3ccccc3)cc2)cc1. The van der Waals surface area contributed by atoms with Crippen LogP contribution in [0.25, 0.3) is 17.2 Å². The van der Waals surface area contributed by atoms with Gasteiger partial charge >= 0.3 is 0 Å². The molecule has 1 N–H and O–H groups in total. The summed E-state index contributed by atoms with van der Waals surface area (Å²) in [6.07, 6.45) is 3.32. The van der Waals surface area contributed by atoms with Crippen LogP contribution >= 0.6 is 0 Å². The van der Waals surface area contributed by atoms with Gasteiger partial charge < -0.3 is 10.1 Å². The summed E-state index contributed by atoms with van der Waals surface area (Å²) in [7, 11) is 0. The molecule has 0 bridgehead atoms. The zero-order chi connectivity index (χ0) is 20.5. The van der Waals surface area contributed by atoms with E-state index in [1.807, 2.05) is 73.7 Å². The number of ether oxygens (including phenoxy) is 1. The van der Waals surface area contributed by atoms with E-state index in [4.69, 9.17) is 4.74 Å². The quantitative estimate of drug-likeness (QED) is 0.449. The maximum absolute atomic E-state index is 12.4. The molecule has 146 valence electrons. The van der Waals surface area contributed by atoms with Gasteiger partial charge in [-0.25, -0.2) is 0 Å². The predicted molar refractivity (Wildman–Crippen MR) is 116 cm³/mol. The van der Waals surface area contributed by atoms with Crippen LogP contribution in [-0.2, 0) is 4.79 Å². The molecule has 0 spiro atoms. The lowest BCUT2D eigenvalue weighted by Gasteiger charge is -2.06. The fourth-order valence-electron chi connectivity index (χ4n) is 2.80. The van der Waals surface area contributed by atoms with E-state index < -0.39 is 0 Å². The summed E-state index contributed by atoms with van der Waals surface area (Å²) < 4.78 is 5.41. The van der Waals surface area contributed by atoms with E-state index in [1.54, 1.807) is 24.3 Å². The van der Waals surface area contributed by atoms with Crippen molar-refractivity contribution in [1.29, 1.82) is 0 Å². The zero-order valence-electron chi connectivity index (χ0n) is 16.3. The Morgan fingerprint density at radius 3 is 2.17 bits per heavy atom. The minimum absolute atomic E-state index is 0.0134. The van der Waals surface area contributed by atoms with Crippen molar-refractivity contribution in [3.8, 4) is 16.9 Å². The van der Waals surface area contributed by atoms with Gasteiger partial charge in [-0.15, -0.1) is 0 Å². The lowest BCUT2D eigenvalue weighted by atomic mass is 10.0. The molecule has 4 nitrogen and oxygen atoms in total. The molecule has 0 aliphatic carbocycles. The molecule has 0 saturated carbocycles. The van der Waals surface area contributed by atoms with E-state index in [-0.39, 0.29) is 18.3 Å². The zero-order valence-corrected chi connectivity index (χ0v) is 16.3. The third-order valence-corrected chi connectivity index (χ3v) is 4.33. The van der Waals surface area contributed by atoms with Crippen LogP contribution in [0.2, 0.25) is 0 Å². The highest BCUT2D eigenvalue weighted by molar-refractivity contribution is 6.07. The third-order valence-electron chi connectivity index (χ3n) is 4.33. The van der Waals surface area contributed by atoms with Gasteiger partial charge in [0.15, 0.2) is 12.4 Å². The number of hydrogen-bond acceptors (Lipinski definition) is 3. The first-order chi connectivity index (χ1) is 14.2. The van der Waals surface area contributed by atoms with Crippen molar-refractivity contribution >= 4 is 17.8 Å². The number of hydrogen-bond donors (Lipinski definition) is 1. The van der Waals surface area contributed by atoms with Crippen molar-refractivity contribution in [1.82, 2.24) is 5.32 Å². The summed E-state index contributed by atoms with van der Waals surface area (Å²) in [6, 6.07) is 24.9. The number of benzene rings is 3. The molecular weight excluding hydrogens is 362 g/mol. The average molecular weight is 385 g/mol. The van der Waals surface area contributed by atoms with Gasteiger partial charge in [0.1, 0.15) is 5.75 Å². The van der Waals surface area contributed by atoms with Crippen LogP contribution in [0.1, 0.15) is 22.8 Å². The van der Waals surface area contributed by atoms with Crippen molar-refractivity contribution in [3.05, 3.63) is 96.1 Å². The lowest BCUT2D eigenvalue weighted by molar-refractivity contribution is -0.122. The second kappa shape index (κ2) is 10.0. The Labute approximate surface area is 170 Å². The van der Waals surface area contributed by atoms with E-state index in [2.05, 4.69) is 5.32 Å². The number of carbonyl (C=O) groups excluding carboxylic acids is 2. The van der Waals surface area contributed by atoms with Gasteiger partial charge in [-0.2, -0.15) is 0 Å². The van der Waals surface area contributed by atoms with Crippen molar-refractivity contribution in [2.24, 2.45) is 0 Å². The van der Waals surface area contributed by atoms with E-state index in [0.29, 0.717) is 17.9 Å². The smallest absolute Gasteiger partial charge is 0.257 e. The molecule has 1 amide bonds. The molecule has 0 aliphatic heterocycles. The summed E-state index contributed by atoms with van der Waals surface area (Å²) in [4.78, 5) is 23.8. The summed E-state index contributed by atoms with van der Waals surface area (Å²) in [5.74, 6) is 0.401. The Kier molecular flexibility index (Phi) is 6.95. The maximum Gasteiger partial charge on any atom is 0.257 e. The van der Waals surface area contributed by atoms with Crippen LogP contribution < -0.4 is 10.1 Å². The van der Waals surface area contributed by atoms with Crippen LogP contribution in [0, 0.1) is 0 Å². The Morgan fingerprint density at radius 1 is 0.862 bits per heavy atom. The molecule has 0 aromatic heterocycles. The van der Waals surface area contributed by atoms with E-state index in [9.17, 15) is 9.59 Å². The first-order valence-corrected chi connectivity index (χ1v) is 9.53. The molecule has 3 aromatic carbocycles. The molecule has 29 heavy (non-hydrogen) atoms. The van der Waals surface area contributed by atoms with Gasteiger partial charge in [0.2, 0.25) is 0 Å². The minimum atomic E-state index is -0.152. The number of allylic oxidation sites excluding steroid dienone is 1. The maximum atomic E-state index is 12.4. The molecule has 0 heterocycles. The average Bonchev–Trinajstić information content (AvgIpc) is 2.78. The Balaban J connectivity index is 1.58. The molecule has 4 heteroatoms. The molecule has 3 rings (SSSR count). The van der Waals surface area contributed by atoms with Gasteiger partial charge in [0, 0.05) is 12.1 Å². The van der Waals surface area contributed by atoms with Crippen LogP contribution in [0.3, 0.4) is 0 Å².